The van der Waals surface area contributed by atoms with E-state index in [-0.39, 0.29) is 11.7 Å². The summed E-state index contributed by atoms with van der Waals surface area (Å²) >= 11 is 12.1. The topological polar surface area (TPSA) is 46.6 Å². The Morgan fingerprint density at radius 1 is 1.07 bits per heavy atom. The van der Waals surface area contributed by atoms with Gasteiger partial charge in [-0.3, -0.25) is 9.59 Å². The summed E-state index contributed by atoms with van der Waals surface area (Å²) in [4.78, 5) is 27.4. The van der Waals surface area contributed by atoms with Gasteiger partial charge in [-0.1, -0.05) is 23.2 Å². The van der Waals surface area contributed by atoms with Gasteiger partial charge in [0, 0.05) is 31.0 Å². The van der Waals surface area contributed by atoms with E-state index in [1.54, 1.807) is 23.1 Å². The molecule has 0 unspecified atom stereocenters. The molecule has 2 aliphatic heterocycles. The molecule has 28 heavy (non-hydrogen) atoms. The molecule has 0 aromatic heterocycles. The molecule has 2 heterocycles. The number of carbonyl (C=O) groups is 2. The summed E-state index contributed by atoms with van der Waals surface area (Å²) in [6.07, 6.45) is 1.58. The van der Waals surface area contributed by atoms with Crippen LogP contribution in [0.2, 0.25) is 10.0 Å². The van der Waals surface area contributed by atoms with Crippen molar-refractivity contribution in [2.45, 2.75) is 38.7 Å². The van der Waals surface area contributed by atoms with Gasteiger partial charge in [-0.25, -0.2) is 0 Å². The van der Waals surface area contributed by atoms with E-state index < -0.39 is 5.60 Å². The van der Waals surface area contributed by atoms with Gasteiger partial charge in [0.1, 0.15) is 11.4 Å². The van der Waals surface area contributed by atoms with E-state index >= 15 is 0 Å². The van der Waals surface area contributed by atoms with Crippen molar-refractivity contribution in [3.63, 3.8) is 0 Å². The number of halogens is 2. The summed E-state index contributed by atoms with van der Waals surface area (Å²) in [7, 11) is 0. The number of hydrogen-bond acceptors (Lipinski definition) is 3. The summed E-state index contributed by atoms with van der Waals surface area (Å²) in [5.74, 6) is 0.662. The van der Waals surface area contributed by atoms with Crippen LogP contribution in [0, 0.1) is 13.8 Å². The Kier molecular flexibility index (Phi) is 4.88. The molecule has 1 fully saturated rings. The van der Waals surface area contributed by atoms with Crippen LogP contribution in [-0.4, -0.2) is 35.3 Å². The third-order valence-electron chi connectivity index (χ3n) is 5.83. The summed E-state index contributed by atoms with van der Waals surface area (Å²) in [5.41, 5.74) is 2.77. The van der Waals surface area contributed by atoms with Crippen molar-refractivity contribution in [3.8, 4) is 5.75 Å². The Balaban J connectivity index is 1.51. The smallest absolute Gasteiger partial charge is 0.255 e. The number of hydrogen-bond donors (Lipinski definition) is 0. The fourth-order valence-corrected chi connectivity index (χ4v) is 4.47. The van der Waals surface area contributed by atoms with Crippen LogP contribution in [0.1, 0.15) is 51.1 Å². The molecule has 4 nitrogen and oxygen atoms in total. The number of amides is 1. The maximum Gasteiger partial charge on any atom is 0.255 e. The minimum absolute atomic E-state index is 0.116. The minimum Gasteiger partial charge on any atom is -0.486 e. The summed E-state index contributed by atoms with van der Waals surface area (Å²) < 4.78 is 6.34. The van der Waals surface area contributed by atoms with Crippen LogP contribution in [0.3, 0.4) is 0 Å². The van der Waals surface area contributed by atoms with E-state index in [4.69, 9.17) is 27.9 Å². The van der Waals surface area contributed by atoms with Gasteiger partial charge >= 0.3 is 0 Å². The molecule has 2 aliphatic rings. The first kappa shape index (κ1) is 19.3. The Morgan fingerprint density at radius 3 is 2.43 bits per heavy atom. The fourth-order valence-electron chi connectivity index (χ4n) is 3.98. The van der Waals surface area contributed by atoms with Crippen molar-refractivity contribution in [2.75, 3.05) is 13.1 Å². The van der Waals surface area contributed by atoms with Crippen molar-refractivity contribution >= 4 is 34.9 Å². The lowest BCUT2D eigenvalue weighted by atomic mass is 9.81. The molecule has 1 saturated heterocycles. The molecule has 0 saturated carbocycles. The second-order valence-corrected chi connectivity index (χ2v) is 8.58. The van der Waals surface area contributed by atoms with Crippen LogP contribution < -0.4 is 4.74 Å². The highest BCUT2D eigenvalue weighted by Crippen LogP contribution is 2.40. The second-order valence-electron chi connectivity index (χ2n) is 7.73. The van der Waals surface area contributed by atoms with Gasteiger partial charge in [-0.2, -0.15) is 0 Å². The molecule has 6 heteroatoms. The van der Waals surface area contributed by atoms with Crippen molar-refractivity contribution < 1.29 is 14.3 Å². The highest BCUT2D eigenvalue weighted by Gasteiger charge is 2.44. The Labute approximate surface area is 174 Å². The molecule has 146 valence electrons. The first-order valence-electron chi connectivity index (χ1n) is 9.36. The quantitative estimate of drug-likeness (QED) is 0.636. The number of fused-ring (bicyclic) bond motifs is 1. The number of piperidine rings is 1. The molecule has 0 radical (unpaired) electrons. The fraction of sp³-hybridized carbons (Fsp3) is 0.364. The lowest BCUT2D eigenvalue weighted by Crippen LogP contribution is -2.52. The number of Topliss-reactive ketones (excluding diaryl/α,β-unsaturated/α-hetero) is 1. The van der Waals surface area contributed by atoms with Gasteiger partial charge in [0.25, 0.3) is 5.91 Å². The van der Waals surface area contributed by atoms with E-state index in [9.17, 15) is 9.59 Å². The lowest BCUT2D eigenvalue weighted by molar-refractivity contribution is -0.00574. The zero-order valence-electron chi connectivity index (χ0n) is 15.9. The van der Waals surface area contributed by atoms with Gasteiger partial charge in [0.2, 0.25) is 0 Å². The number of ketones is 1. The van der Waals surface area contributed by atoms with Crippen LogP contribution in [0.15, 0.2) is 30.3 Å². The van der Waals surface area contributed by atoms with Crippen molar-refractivity contribution in [1.82, 2.24) is 4.90 Å². The normalized spacial score (nSPS) is 18.0. The van der Waals surface area contributed by atoms with E-state index in [2.05, 4.69) is 0 Å². The van der Waals surface area contributed by atoms with Crippen molar-refractivity contribution in [2.24, 2.45) is 0 Å². The molecule has 1 amide bonds. The first-order valence-corrected chi connectivity index (χ1v) is 10.1. The largest absolute Gasteiger partial charge is 0.486 e. The monoisotopic (exact) mass is 417 g/mol. The number of ether oxygens (including phenoxy) is 1. The van der Waals surface area contributed by atoms with Gasteiger partial charge in [-0.05, 0) is 55.3 Å². The molecular weight excluding hydrogens is 397 g/mol. The Bertz CT molecular complexity index is 978. The second kappa shape index (κ2) is 7.09. The van der Waals surface area contributed by atoms with Gasteiger partial charge in [-0.15, -0.1) is 0 Å². The third kappa shape index (κ3) is 3.40. The average Bonchev–Trinajstić information content (AvgIpc) is 2.64. The standard InChI is InChI=1S/C22H21Cl2NO3/c1-13-9-17-19(26)12-22(28-20(17)10-14(13)2)5-7-25(8-6-22)21(27)16-4-3-15(23)11-18(16)24/h3-4,9-11H,5-8,12H2,1-2H3. The molecule has 0 atom stereocenters. The van der Waals surface area contributed by atoms with Gasteiger partial charge < -0.3 is 9.64 Å². The van der Waals surface area contributed by atoms with Crippen LogP contribution >= 0.6 is 23.2 Å². The molecule has 0 bridgehead atoms. The summed E-state index contributed by atoms with van der Waals surface area (Å²) in [6, 6.07) is 8.76. The summed E-state index contributed by atoms with van der Waals surface area (Å²) in [6.45, 7) is 5.05. The molecule has 2 aromatic rings. The highest BCUT2D eigenvalue weighted by atomic mass is 35.5. The number of carbonyl (C=O) groups excluding carboxylic acids is 2. The van der Waals surface area contributed by atoms with Crippen LogP contribution in [0.4, 0.5) is 0 Å². The maximum atomic E-state index is 12.8. The molecule has 0 N–H and O–H groups in total. The number of rotatable bonds is 1. The third-order valence-corrected chi connectivity index (χ3v) is 6.38. The van der Waals surface area contributed by atoms with Crippen LogP contribution in [0.5, 0.6) is 5.75 Å². The molecule has 1 spiro atoms. The number of nitrogens with zero attached hydrogens (tertiary/aromatic N) is 1. The maximum absolute atomic E-state index is 12.8. The SMILES string of the molecule is Cc1cc2c(cc1C)C(=O)CC1(CCN(C(=O)c3ccc(Cl)cc3Cl)CC1)O2. The zero-order valence-corrected chi connectivity index (χ0v) is 17.4. The first-order chi connectivity index (χ1) is 13.3. The van der Waals surface area contributed by atoms with Crippen molar-refractivity contribution in [1.29, 1.82) is 0 Å². The van der Waals surface area contributed by atoms with Crippen LogP contribution in [0.25, 0.3) is 0 Å². The number of aryl methyl sites for hydroxylation is 2. The zero-order chi connectivity index (χ0) is 20.1. The van der Waals surface area contributed by atoms with E-state index in [0.29, 0.717) is 59.3 Å². The highest BCUT2D eigenvalue weighted by molar-refractivity contribution is 6.36. The van der Waals surface area contributed by atoms with Gasteiger partial charge in [0.15, 0.2) is 5.78 Å². The van der Waals surface area contributed by atoms with Crippen LogP contribution in [-0.2, 0) is 0 Å². The number of likely N-dealkylation sites (tertiary alicyclic amines) is 1. The lowest BCUT2D eigenvalue weighted by Gasteiger charge is -2.44. The van der Waals surface area contributed by atoms with Crippen molar-refractivity contribution in [3.05, 3.63) is 62.6 Å². The molecule has 0 aliphatic carbocycles. The predicted molar refractivity (Wildman–Crippen MR) is 110 cm³/mol. The number of benzene rings is 2. The Morgan fingerprint density at radius 2 is 1.75 bits per heavy atom. The summed E-state index contributed by atoms with van der Waals surface area (Å²) in [5, 5.41) is 0.846. The van der Waals surface area contributed by atoms with E-state index in [1.807, 2.05) is 26.0 Å². The Hall–Kier alpha value is -2.04. The van der Waals surface area contributed by atoms with Gasteiger partial charge in [0.05, 0.1) is 22.6 Å². The minimum atomic E-state index is -0.535. The molecular formula is C22H21Cl2NO3. The van der Waals surface area contributed by atoms with E-state index in [0.717, 1.165) is 11.1 Å². The molecule has 2 aromatic carbocycles. The average molecular weight is 418 g/mol. The van der Waals surface area contributed by atoms with E-state index in [1.165, 1.54) is 0 Å². The predicted octanol–water partition coefficient (Wildman–Crippen LogP) is 5.25. The molecule has 4 rings (SSSR count).